The molecular formula is C13H17N3O. The number of amides is 1. The van der Waals surface area contributed by atoms with Crippen molar-refractivity contribution in [3.05, 3.63) is 35.4 Å². The standard InChI is InChI=1S/C13H17N3O/c1-9(2)12(15)13(17)16-8-11-5-3-10(7-14)4-6-11/h3-6,9,12H,8,15H2,1-2H3,(H,16,17)/t12-/m0/s1. The lowest BCUT2D eigenvalue weighted by Gasteiger charge is -2.15. The van der Waals surface area contributed by atoms with Crippen LogP contribution in [0.15, 0.2) is 24.3 Å². The lowest BCUT2D eigenvalue weighted by atomic mass is 10.0. The first-order valence-electron chi connectivity index (χ1n) is 5.57. The molecule has 0 heterocycles. The van der Waals surface area contributed by atoms with E-state index in [0.717, 1.165) is 5.56 Å². The zero-order valence-corrected chi connectivity index (χ0v) is 10.1. The van der Waals surface area contributed by atoms with E-state index in [1.807, 2.05) is 32.0 Å². The number of hydrogen-bond donors (Lipinski definition) is 2. The monoisotopic (exact) mass is 231 g/mol. The van der Waals surface area contributed by atoms with Crippen LogP contribution in [0.5, 0.6) is 0 Å². The second-order valence-electron chi connectivity index (χ2n) is 4.30. The first kappa shape index (κ1) is 13.2. The lowest BCUT2D eigenvalue weighted by molar-refractivity contribution is -0.123. The summed E-state index contributed by atoms with van der Waals surface area (Å²) in [6.07, 6.45) is 0. The van der Waals surface area contributed by atoms with Gasteiger partial charge in [-0.1, -0.05) is 26.0 Å². The van der Waals surface area contributed by atoms with E-state index in [-0.39, 0.29) is 11.8 Å². The van der Waals surface area contributed by atoms with Crippen molar-refractivity contribution in [2.75, 3.05) is 0 Å². The summed E-state index contributed by atoms with van der Waals surface area (Å²) in [6.45, 7) is 4.25. The molecule has 17 heavy (non-hydrogen) atoms. The second kappa shape index (κ2) is 6.02. The number of carbonyl (C=O) groups excluding carboxylic acids is 1. The third-order valence-electron chi connectivity index (χ3n) is 2.57. The zero-order valence-electron chi connectivity index (χ0n) is 10.1. The van der Waals surface area contributed by atoms with E-state index < -0.39 is 6.04 Å². The first-order valence-corrected chi connectivity index (χ1v) is 5.57. The molecule has 1 aromatic rings. The molecule has 0 aliphatic heterocycles. The lowest BCUT2D eigenvalue weighted by Crippen LogP contribution is -2.43. The number of nitrogens with zero attached hydrogens (tertiary/aromatic N) is 1. The molecule has 1 aromatic carbocycles. The van der Waals surface area contributed by atoms with Crippen molar-refractivity contribution in [1.82, 2.24) is 5.32 Å². The van der Waals surface area contributed by atoms with Gasteiger partial charge in [0.15, 0.2) is 0 Å². The summed E-state index contributed by atoms with van der Waals surface area (Å²) in [5, 5.41) is 11.4. The Morgan fingerprint density at radius 1 is 1.41 bits per heavy atom. The van der Waals surface area contributed by atoms with Gasteiger partial charge in [-0.2, -0.15) is 5.26 Å². The van der Waals surface area contributed by atoms with Gasteiger partial charge in [0.2, 0.25) is 5.91 Å². The summed E-state index contributed by atoms with van der Waals surface area (Å²) in [5.74, 6) is -0.0275. The van der Waals surface area contributed by atoms with Gasteiger partial charge in [-0.05, 0) is 23.6 Å². The van der Waals surface area contributed by atoms with Gasteiger partial charge in [0.05, 0.1) is 17.7 Å². The number of benzene rings is 1. The molecule has 0 saturated carbocycles. The maximum absolute atomic E-state index is 11.6. The minimum Gasteiger partial charge on any atom is -0.351 e. The van der Waals surface area contributed by atoms with Crippen LogP contribution in [0.25, 0.3) is 0 Å². The minimum atomic E-state index is -0.478. The van der Waals surface area contributed by atoms with E-state index in [1.165, 1.54) is 0 Å². The van der Waals surface area contributed by atoms with E-state index in [1.54, 1.807) is 12.1 Å². The SMILES string of the molecule is CC(C)[C@H](N)C(=O)NCc1ccc(C#N)cc1. The highest BCUT2D eigenvalue weighted by Crippen LogP contribution is 2.03. The quantitative estimate of drug-likeness (QED) is 0.816. The smallest absolute Gasteiger partial charge is 0.237 e. The number of nitriles is 1. The molecule has 1 rings (SSSR count). The maximum atomic E-state index is 11.6. The Morgan fingerprint density at radius 2 is 2.00 bits per heavy atom. The Kier molecular flexibility index (Phi) is 4.68. The summed E-state index contributed by atoms with van der Waals surface area (Å²) < 4.78 is 0. The van der Waals surface area contributed by atoms with Gasteiger partial charge in [0.1, 0.15) is 0 Å². The molecule has 1 amide bonds. The minimum absolute atomic E-state index is 0.121. The summed E-state index contributed by atoms with van der Waals surface area (Å²) in [7, 11) is 0. The molecular weight excluding hydrogens is 214 g/mol. The first-order chi connectivity index (χ1) is 8.04. The van der Waals surface area contributed by atoms with E-state index >= 15 is 0 Å². The molecule has 4 nitrogen and oxygen atoms in total. The highest BCUT2D eigenvalue weighted by molar-refractivity contribution is 5.81. The number of nitrogens with one attached hydrogen (secondary N) is 1. The Hall–Kier alpha value is -1.86. The largest absolute Gasteiger partial charge is 0.351 e. The van der Waals surface area contributed by atoms with Crippen LogP contribution < -0.4 is 11.1 Å². The Morgan fingerprint density at radius 3 is 2.47 bits per heavy atom. The third-order valence-corrected chi connectivity index (χ3v) is 2.57. The molecule has 0 fully saturated rings. The molecule has 3 N–H and O–H groups in total. The average molecular weight is 231 g/mol. The van der Waals surface area contributed by atoms with E-state index in [2.05, 4.69) is 5.32 Å². The Balaban J connectivity index is 2.50. The van der Waals surface area contributed by atoms with Crippen LogP contribution in [-0.2, 0) is 11.3 Å². The van der Waals surface area contributed by atoms with Crippen molar-refractivity contribution in [3.8, 4) is 6.07 Å². The van der Waals surface area contributed by atoms with Crippen molar-refractivity contribution in [3.63, 3.8) is 0 Å². The van der Waals surface area contributed by atoms with Crippen LogP contribution in [0.3, 0.4) is 0 Å². The third kappa shape index (κ3) is 3.89. The molecule has 0 unspecified atom stereocenters. The van der Waals surface area contributed by atoms with Crippen molar-refractivity contribution >= 4 is 5.91 Å². The predicted octanol–water partition coefficient (Wildman–Crippen LogP) is 1.16. The second-order valence-corrected chi connectivity index (χ2v) is 4.30. The van der Waals surface area contributed by atoms with Crippen LogP contribution in [0, 0.1) is 17.2 Å². The van der Waals surface area contributed by atoms with Crippen molar-refractivity contribution in [1.29, 1.82) is 5.26 Å². The van der Waals surface area contributed by atoms with Crippen LogP contribution >= 0.6 is 0 Å². The Labute approximate surface area is 101 Å². The van der Waals surface area contributed by atoms with Crippen LogP contribution in [0.2, 0.25) is 0 Å². The van der Waals surface area contributed by atoms with E-state index in [9.17, 15) is 4.79 Å². The normalized spacial score (nSPS) is 11.9. The molecule has 0 aliphatic carbocycles. The highest BCUT2D eigenvalue weighted by atomic mass is 16.2. The van der Waals surface area contributed by atoms with Crippen molar-refractivity contribution < 1.29 is 4.79 Å². The molecule has 0 bridgehead atoms. The average Bonchev–Trinajstić information content (AvgIpc) is 2.35. The topological polar surface area (TPSA) is 78.9 Å². The number of nitrogens with two attached hydrogens (primary N) is 1. The number of carbonyl (C=O) groups is 1. The van der Waals surface area contributed by atoms with Crippen LogP contribution in [-0.4, -0.2) is 11.9 Å². The molecule has 0 spiro atoms. The van der Waals surface area contributed by atoms with E-state index in [0.29, 0.717) is 12.1 Å². The zero-order chi connectivity index (χ0) is 12.8. The van der Waals surface area contributed by atoms with Crippen molar-refractivity contribution in [2.45, 2.75) is 26.4 Å². The fourth-order valence-corrected chi connectivity index (χ4v) is 1.31. The maximum Gasteiger partial charge on any atom is 0.237 e. The molecule has 0 radical (unpaired) electrons. The molecule has 0 saturated heterocycles. The van der Waals surface area contributed by atoms with Gasteiger partial charge < -0.3 is 11.1 Å². The Bertz CT molecular complexity index is 417. The summed E-state index contributed by atoms with van der Waals surface area (Å²) >= 11 is 0. The van der Waals surface area contributed by atoms with Gasteiger partial charge in [0, 0.05) is 6.54 Å². The summed E-state index contributed by atoms with van der Waals surface area (Å²) in [6, 6.07) is 8.66. The molecule has 1 atom stereocenters. The van der Waals surface area contributed by atoms with Crippen LogP contribution in [0.4, 0.5) is 0 Å². The van der Waals surface area contributed by atoms with Gasteiger partial charge in [-0.15, -0.1) is 0 Å². The predicted molar refractivity (Wildman–Crippen MR) is 65.8 cm³/mol. The number of hydrogen-bond acceptors (Lipinski definition) is 3. The summed E-state index contributed by atoms with van der Waals surface area (Å²) in [5.41, 5.74) is 7.28. The van der Waals surface area contributed by atoms with Gasteiger partial charge in [0.25, 0.3) is 0 Å². The number of rotatable bonds is 4. The van der Waals surface area contributed by atoms with Crippen molar-refractivity contribution in [2.24, 2.45) is 11.7 Å². The van der Waals surface area contributed by atoms with Crippen LogP contribution in [0.1, 0.15) is 25.0 Å². The molecule has 0 aliphatic rings. The molecule has 4 heteroatoms. The fourth-order valence-electron chi connectivity index (χ4n) is 1.31. The molecule has 90 valence electrons. The van der Waals surface area contributed by atoms with Gasteiger partial charge >= 0.3 is 0 Å². The van der Waals surface area contributed by atoms with Gasteiger partial charge in [-0.25, -0.2) is 0 Å². The van der Waals surface area contributed by atoms with E-state index in [4.69, 9.17) is 11.0 Å². The summed E-state index contributed by atoms with van der Waals surface area (Å²) in [4.78, 5) is 11.6. The molecule has 0 aromatic heterocycles. The highest BCUT2D eigenvalue weighted by Gasteiger charge is 2.16. The fraction of sp³-hybridized carbons (Fsp3) is 0.385. The van der Waals surface area contributed by atoms with Gasteiger partial charge in [-0.3, -0.25) is 4.79 Å².